The van der Waals surface area contributed by atoms with Gasteiger partial charge in [-0.25, -0.2) is 0 Å². The number of hydrogen-bond acceptors (Lipinski definition) is 3. The molecule has 1 aromatic rings. The van der Waals surface area contributed by atoms with Crippen molar-refractivity contribution in [3.63, 3.8) is 0 Å². The third-order valence-electron chi connectivity index (χ3n) is 4.68. The molecule has 1 saturated carbocycles. The Morgan fingerprint density at radius 3 is 2.67 bits per heavy atom. The highest BCUT2D eigenvalue weighted by Crippen LogP contribution is 2.28. The van der Waals surface area contributed by atoms with Gasteiger partial charge in [0.25, 0.3) is 0 Å². The molecular weight excluding hydrogens is 306 g/mol. The topological polar surface area (TPSA) is 78.5 Å². The molecule has 0 radical (unpaired) electrons. The summed E-state index contributed by atoms with van der Waals surface area (Å²) >= 11 is 0. The van der Waals surface area contributed by atoms with E-state index in [1.54, 1.807) is 23.1 Å². The minimum absolute atomic E-state index is 0.0178. The lowest BCUT2D eigenvalue weighted by atomic mass is 10.1. The molecule has 1 aliphatic heterocycles. The zero-order valence-corrected chi connectivity index (χ0v) is 13.9. The molecule has 1 atom stereocenters. The Morgan fingerprint density at radius 1 is 1.21 bits per heavy atom. The Morgan fingerprint density at radius 2 is 1.96 bits per heavy atom. The Balaban J connectivity index is 1.66. The number of hydrogen-bond donors (Lipinski definition) is 2. The van der Waals surface area contributed by atoms with Gasteiger partial charge in [-0.2, -0.15) is 0 Å². The molecule has 3 amide bonds. The fourth-order valence-corrected chi connectivity index (χ4v) is 3.48. The number of anilines is 2. The summed E-state index contributed by atoms with van der Waals surface area (Å²) in [6, 6.07) is 7.41. The lowest BCUT2D eigenvalue weighted by Crippen LogP contribution is -2.38. The van der Waals surface area contributed by atoms with Crippen LogP contribution in [0.1, 0.15) is 39.0 Å². The second kappa shape index (κ2) is 7.03. The van der Waals surface area contributed by atoms with E-state index in [9.17, 15) is 14.4 Å². The molecule has 0 spiro atoms. The van der Waals surface area contributed by atoms with Gasteiger partial charge < -0.3 is 15.5 Å². The molecule has 24 heavy (non-hydrogen) atoms. The summed E-state index contributed by atoms with van der Waals surface area (Å²) in [5.41, 5.74) is 1.36. The van der Waals surface area contributed by atoms with Crippen LogP contribution in [0.15, 0.2) is 24.3 Å². The fraction of sp³-hybridized carbons (Fsp3) is 0.500. The number of nitrogens with zero attached hydrogens (tertiary/aromatic N) is 1. The average Bonchev–Trinajstić information content (AvgIpc) is 3.16. The molecule has 1 heterocycles. The van der Waals surface area contributed by atoms with Gasteiger partial charge in [0.15, 0.2) is 0 Å². The maximum atomic E-state index is 12.4. The van der Waals surface area contributed by atoms with Crippen molar-refractivity contribution in [3.8, 4) is 0 Å². The van der Waals surface area contributed by atoms with Gasteiger partial charge in [0.2, 0.25) is 17.7 Å². The van der Waals surface area contributed by atoms with Crippen molar-refractivity contribution in [2.45, 2.75) is 45.1 Å². The van der Waals surface area contributed by atoms with Crippen LogP contribution in [0, 0.1) is 5.92 Å². The van der Waals surface area contributed by atoms with E-state index in [4.69, 9.17) is 0 Å². The maximum absolute atomic E-state index is 12.4. The van der Waals surface area contributed by atoms with Crippen LogP contribution in [0.5, 0.6) is 0 Å². The van der Waals surface area contributed by atoms with Crippen LogP contribution in [0.2, 0.25) is 0 Å². The highest BCUT2D eigenvalue weighted by molar-refractivity contribution is 6.01. The number of nitrogens with one attached hydrogen (secondary N) is 2. The van der Waals surface area contributed by atoms with Gasteiger partial charge in [-0.05, 0) is 31.0 Å². The first-order valence-corrected chi connectivity index (χ1v) is 8.51. The second-order valence-electron chi connectivity index (χ2n) is 6.63. The fourth-order valence-electron chi connectivity index (χ4n) is 3.48. The summed E-state index contributed by atoms with van der Waals surface area (Å²) in [5, 5.41) is 5.79. The molecule has 2 aliphatic rings. The van der Waals surface area contributed by atoms with Crippen molar-refractivity contribution in [2.75, 3.05) is 16.8 Å². The third-order valence-corrected chi connectivity index (χ3v) is 4.68. The third kappa shape index (κ3) is 3.75. The summed E-state index contributed by atoms with van der Waals surface area (Å²) in [4.78, 5) is 37.5. The molecule has 2 N–H and O–H groups in total. The summed E-state index contributed by atoms with van der Waals surface area (Å²) in [6.07, 6.45) is 4.64. The minimum atomic E-state index is -0.303. The van der Waals surface area contributed by atoms with E-state index in [-0.39, 0.29) is 36.1 Å². The van der Waals surface area contributed by atoms with Crippen molar-refractivity contribution < 1.29 is 14.4 Å². The zero-order chi connectivity index (χ0) is 17.1. The van der Waals surface area contributed by atoms with Crippen molar-refractivity contribution in [1.82, 2.24) is 5.32 Å². The maximum Gasteiger partial charge on any atom is 0.227 e. The van der Waals surface area contributed by atoms with Crippen LogP contribution in [0.4, 0.5) is 11.4 Å². The standard InChI is InChI=1S/C18H23N3O3/c1-12(22)19-15-7-4-8-16(10-15)21-11-13(9-17(21)23)18(24)20-14-5-2-3-6-14/h4,7-8,10,13-14H,2-3,5-6,9,11H2,1H3,(H,19,22)(H,20,24). The van der Waals surface area contributed by atoms with Crippen molar-refractivity contribution in [2.24, 2.45) is 5.92 Å². The predicted octanol–water partition coefficient (Wildman–Crippen LogP) is 2.06. The Kier molecular flexibility index (Phi) is 4.83. The first-order chi connectivity index (χ1) is 11.5. The Labute approximate surface area is 141 Å². The largest absolute Gasteiger partial charge is 0.353 e. The van der Waals surface area contributed by atoms with Gasteiger partial charge in [-0.15, -0.1) is 0 Å². The second-order valence-corrected chi connectivity index (χ2v) is 6.63. The van der Waals surface area contributed by atoms with Gasteiger partial charge in [-0.1, -0.05) is 18.9 Å². The molecule has 2 fully saturated rings. The van der Waals surface area contributed by atoms with Crippen molar-refractivity contribution in [1.29, 1.82) is 0 Å². The summed E-state index contributed by atoms with van der Waals surface area (Å²) < 4.78 is 0. The summed E-state index contributed by atoms with van der Waals surface area (Å²) in [7, 11) is 0. The van der Waals surface area contributed by atoms with E-state index >= 15 is 0 Å². The number of rotatable bonds is 4. The lowest BCUT2D eigenvalue weighted by molar-refractivity contribution is -0.126. The van der Waals surface area contributed by atoms with Crippen LogP contribution in [0.25, 0.3) is 0 Å². The first-order valence-electron chi connectivity index (χ1n) is 8.51. The molecule has 1 aliphatic carbocycles. The van der Waals surface area contributed by atoms with E-state index in [2.05, 4.69) is 10.6 Å². The smallest absolute Gasteiger partial charge is 0.227 e. The number of amides is 3. The van der Waals surface area contributed by atoms with Gasteiger partial charge in [0.1, 0.15) is 0 Å². The van der Waals surface area contributed by atoms with Crippen LogP contribution in [0.3, 0.4) is 0 Å². The Hall–Kier alpha value is -2.37. The molecule has 0 aromatic heterocycles. The predicted molar refractivity (Wildman–Crippen MR) is 91.6 cm³/mol. The van der Waals surface area contributed by atoms with Gasteiger partial charge >= 0.3 is 0 Å². The number of carbonyl (C=O) groups excluding carboxylic acids is 3. The van der Waals surface area contributed by atoms with E-state index in [1.807, 2.05) is 6.07 Å². The quantitative estimate of drug-likeness (QED) is 0.887. The van der Waals surface area contributed by atoms with E-state index < -0.39 is 0 Å². The molecule has 0 bridgehead atoms. The molecule has 128 valence electrons. The summed E-state index contributed by atoms with van der Waals surface area (Å²) in [5.74, 6) is -0.534. The molecular formula is C18H23N3O3. The van der Waals surface area contributed by atoms with Gasteiger partial charge in [0.05, 0.1) is 5.92 Å². The van der Waals surface area contributed by atoms with Crippen LogP contribution < -0.4 is 15.5 Å². The molecule has 1 aromatic carbocycles. The highest BCUT2D eigenvalue weighted by Gasteiger charge is 2.36. The normalized spacial score (nSPS) is 21.1. The van der Waals surface area contributed by atoms with E-state index in [1.165, 1.54) is 6.92 Å². The van der Waals surface area contributed by atoms with Crippen LogP contribution in [-0.4, -0.2) is 30.3 Å². The minimum Gasteiger partial charge on any atom is -0.353 e. The molecule has 3 rings (SSSR count). The molecule has 1 saturated heterocycles. The zero-order valence-electron chi connectivity index (χ0n) is 13.9. The number of benzene rings is 1. The molecule has 1 unspecified atom stereocenters. The van der Waals surface area contributed by atoms with Crippen LogP contribution >= 0.6 is 0 Å². The van der Waals surface area contributed by atoms with E-state index in [0.29, 0.717) is 17.9 Å². The average molecular weight is 329 g/mol. The highest BCUT2D eigenvalue weighted by atomic mass is 16.2. The van der Waals surface area contributed by atoms with E-state index in [0.717, 1.165) is 25.7 Å². The van der Waals surface area contributed by atoms with Gasteiger partial charge in [0, 0.05) is 37.3 Å². The summed E-state index contributed by atoms with van der Waals surface area (Å²) in [6.45, 7) is 1.83. The monoisotopic (exact) mass is 329 g/mol. The first kappa shape index (κ1) is 16.5. The van der Waals surface area contributed by atoms with Crippen LogP contribution in [-0.2, 0) is 14.4 Å². The van der Waals surface area contributed by atoms with Crippen molar-refractivity contribution in [3.05, 3.63) is 24.3 Å². The Bertz CT molecular complexity index is 653. The van der Waals surface area contributed by atoms with Gasteiger partial charge in [-0.3, -0.25) is 14.4 Å². The molecule has 6 heteroatoms. The molecule has 6 nitrogen and oxygen atoms in total. The number of carbonyl (C=O) groups is 3. The lowest BCUT2D eigenvalue weighted by Gasteiger charge is -2.19. The van der Waals surface area contributed by atoms with Crippen molar-refractivity contribution >= 4 is 29.1 Å². The SMILES string of the molecule is CC(=O)Nc1cccc(N2CC(C(=O)NC3CCCC3)CC2=O)c1.